The van der Waals surface area contributed by atoms with E-state index in [0.717, 1.165) is 5.82 Å². The maximum Gasteiger partial charge on any atom is 0.213 e. The minimum atomic E-state index is -3.09. The number of sulfonamides is 1. The van der Waals surface area contributed by atoms with E-state index < -0.39 is 10.0 Å². The van der Waals surface area contributed by atoms with E-state index in [4.69, 9.17) is 5.26 Å². The first-order valence-electron chi connectivity index (χ1n) is 6.15. The quantitative estimate of drug-likeness (QED) is 0.802. The van der Waals surface area contributed by atoms with Gasteiger partial charge in [0.15, 0.2) is 0 Å². The highest BCUT2D eigenvalue weighted by Gasteiger charge is 2.25. The van der Waals surface area contributed by atoms with Crippen LogP contribution in [0.3, 0.4) is 0 Å². The molecule has 6 nitrogen and oxygen atoms in total. The topological polar surface area (TPSA) is 77.3 Å². The Hall–Kier alpha value is -1.65. The summed E-state index contributed by atoms with van der Waals surface area (Å²) in [5.41, 5.74) is 0.524. The van der Waals surface area contributed by atoms with Crippen molar-refractivity contribution in [2.24, 2.45) is 0 Å². The first-order chi connectivity index (χ1) is 9.06. The lowest BCUT2D eigenvalue weighted by atomic mass is 10.3. The number of rotatable bonds is 3. The Morgan fingerprint density at radius 2 is 2.00 bits per heavy atom. The smallest absolute Gasteiger partial charge is 0.213 e. The summed E-state index contributed by atoms with van der Waals surface area (Å²) < 4.78 is 25.0. The average Bonchev–Trinajstić information content (AvgIpc) is 2.47. The van der Waals surface area contributed by atoms with Gasteiger partial charge in [0.05, 0.1) is 11.3 Å². The lowest BCUT2D eigenvalue weighted by Crippen LogP contribution is -2.49. The molecule has 0 saturated carbocycles. The summed E-state index contributed by atoms with van der Waals surface area (Å²) in [5.74, 6) is 0.926. The predicted octanol–water partition coefficient (Wildman–Crippen LogP) is 0.425. The molecule has 0 N–H and O–H groups in total. The molecular formula is C12H16N4O2S. The largest absolute Gasteiger partial charge is 0.354 e. The third-order valence-electron chi connectivity index (χ3n) is 3.20. The summed E-state index contributed by atoms with van der Waals surface area (Å²) >= 11 is 0. The summed E-state index contributed by atoms with van der Waals surface area (Å²) in [5, 5.41) is 8.71. The summed E-state index contributed by atoms with van der Waals surface area (Å²) in [6.45, 7) is 3.87. The minimum absolute atomic E-state index is 0.141. The molecule has 1 fully saturated rings. The molecule has 0 radical (unpaired) electrons. The molecular weight excluding hydrogens is 264 g/mol. The molecule has 0 unspecified atom stereocenters. The second kappa shape index (κ2) is 5.55. The maximum absolute atomic E-state index is 11.7. The third-order valence-corrected chi connectivity index (χ3v) is 5.08. The van der Waals surface area contributed by atoms with Gasteiger partial charge >= 0.3 is 0 Å². The van der Waals surface area contributed by atoms with Gasteiger partial charge in [-0.15, -0.1) is 0 Å². The van der Waals surface area contributed by atoms with Crippen LogP contribution in [-0.4, -0.2) is 49.6 Å². The van der Waals surface area contributed by atoms with Crippen LogP contribution in [0.25, 0.3) is 0 Å². The highest BCUT2D eigenvalue weighted by molar-refractivity contribution is 7.89. The minimum Gasteiger partial charge on any atom is -0.354 e. The van der Waals surface area contributed by atoms with Gasteiger partial charge in [0.1, 0.15) is 11.9 Å². The first-order valence-corrected chi connectivity index (χ1v) is 7.76. The Labute approximate surface area is 113 Å². The highest BCUT2D eigenvalue weighted by Crippen LogP contribution is 2.15. The van der Waals surface area contributed by atoms with Crippen LogP contribution >= 0.6 is 0 Å². The van der Waals surface area contributed by atoms with E-state index in [1.54, 1.807) is 19.1 Å². The van der Waals surface area contributed by atoms with Crippen LogP contribution in [-0.2, 0) is 10.0 Å². The van der Waals surface area contributed by atoms with Crippen molar-refractivity contribution in [3.8, 4) is 6.07 Å². The number of aromatic nitrogens is 1. The fraction of sp³-hybridized carbons (Fsp3) is 0.500. The number of piperazine rings is 1. The summed E-state index contributed by atoms with van der Waals surface area (Å²) in [6.07, 6.45) is 1.53. The third kappa shape index (κ3) is 3.03. The molecule has 102 valence electrons. The maximum atomic E-state index is 11.7. The van der Waals surface area contributed by atoms with Crippen molar-refractivity contribution < 1.29 is 8.42 Å². The molecule has 0 bridgehead atoms. The molecule has 1 aliphatic heterocycles. The van der Waals surface area contributed by atoms with Crippen molar-refractivity contribution in [1.29, 1.82) is 5.26 Å². The van der Waals surface area contributed by atoms with Crippen LogP contribution in [0.15, 0.2) is 18.3 Å². The van der Waals surface area contributed by atoms with Gasteiger partial charge in [-0.3, -0.25) is 0 Å². The summed E-state index contributed by atoms with van der Waals surface area (Å²) in [7, 11) is -3.09. The van der Waals surface area contributed by atoms with E-state index in [-0.39, 0.29) is 5.75 Å². The van der Waals surface area contributed by atoms with Crippen LogP contribution in [0, 0.1) is 11.3 Å². The Kier molecular flexibility index (Phi) is 4.02. The summed E-state index contributed by atoms with van der Waals surface area (Å²) in [6, 6.07) is 5.54. The van der Waals surface area contributed by atoms with E-state index in [0.29, 0.717) is 31.7 Å². The van der Waals surface area contributed by atoms with Gasteiger partial charge in [-0.2, -0.15) is 9.57 Å². The van der Waals surface area contributed by atoms with E-state index in [9.17, 15) is 8.42 Å². The number of nitriles is 1. The predicted molar refractivity (Wildman–Crippen MR) is 72.2 cm³/mol. The van der Waals surface area contributed by atoms with Gasteiger partial charge in [0.25, 0.3) is 0 Å². The molecule has 1 saturated heterocycles. The Morgan fingerprint density at radius 1 is 1.32 bits per heavy atom. The van der Waals surface area contributed by atoms with Crippen molar-refractivity contribution in [1.82, 2.24) is 9.29 Å². The molecule has 2 rings (SSSR count). The normalized spacial score (nSPS) is 17.2. The number of hydrogen-bond donors (Lipinski definition) is 0. The molecule has 0 atom stereocenters. The SMILES string of the molecule is CCS(=O)(=O)N1CCN(c2ccc(C#N)cn2)CC1. The Balaban J connectivity index is 2.02. The molecule has 7 heteroatoms. The van der Waals surface area contributed by atoms with Crippen molar-refractivity contribution in [2.45, 2.75) is 6.92 Å². The molecule has 1 aromatic rings. The number of pyridine rings is 1. The van der Waals surface area contributed by atoms with E-state index in [2.05, 4.69) is 4.98 Å². The molecule has 0 spiro atoms. The van der Waals surface area contributed by atoms with Gasteiger partial charge in [-0.25, -0.2) is 13.4 Å². The van der Waals surface area contributed by atoms with Crippen molar-refractivity contribution in [3.05, 3.63) is 23.9 Å². The van der Waals surface area contributed by atoms with Crippen LogP contribution in [0.5, 0.6) is 0 Å². The van der Waals surface area contributed by atoms with Gasteiger partial charge in [-0.05, 0) is 19.1 Å². The van der Waals surface area contributed by atoms with Crippen LogP contribution in [0.4, 0.5) is 5.82 Å². The molecule has 1 aromatic heterocycles. The van der Waals surface area contributed by atoms with Gasteiger partial charge in [-0.1, -0.05) is 0 Å². The fourth-order valence-electron chi connectivity index (χ4n) is 2.02. The van der Waals surface area contributed by atoms with Gasteiger partial charge in [0, 0.05) is 32.4 Å². The number of anilines is 1. The second-order valence-corrected chi connectivity index (χ2v) is 6.56. The van der Waals surface area contributed by atoms with Gasteiger partial charge in [0.2, 0.25) is 10.0 Å². The van der Waals surface area contributed by atoms with Crippen molar-refractivity contribution >= 4 is 15.8 Å². The average molecular weight is 280 g/mol. The zero-order valence-electron chi connectivity index (χ0n) is 10.8. The lowest BCUT2D eigenvalue weighted by molar-refractivity contribution is 0.384. The Bertz CT molecular complexity index is 569. The second-order valence-electron chi connectivity index (χ2n) is 4.30. The molecule has 1 aliphatic rings. The van der Waals surface area contributed by atoms with E-state index >= 15 is 0 Å². The van der Waals surface area contributed by atoms with Crippen molar-refractivity contribution in [2.75, 3.05) is 36.8 Å². The lowest BCUT2D eigenvalue weighted by Gasteiger charge is -2.34. The van der Waals surface area contributed by atoms with Crippen LogP contribution in [0.2, 0.25) is 0 Å². The standard InChI is InChI=1S/C12H16N4O2S/c1-2-19(17,18)16-7-5-15(6-8-16)12-4-3-11(9-13)10-14-12/h3-4,10H,2,5-8H2,1H3. The van der Waals surface area contributed by atoms with E-state index in [1.165, 1.54) is 10.5 Å². The number of hydrogen-bond acceptors (Lipinski definition) is 5. The Morgan fingerprint density at radius 3 is 2.47 bits per heavy atom. The molecule has 0 amide bonds. The molecule has 2 heterocycles. The van der Waals surface area contributed by atoms with E-state index in [1.807, 2.05) is 11.0 Å². The molecule has 19 heavy (non-hydrogen) atoms. The van der Waals surface area contributed by atoms with Crippen molar-refractivity contribution in [3.63, 3.8) is 0 Å². The highest BCUT2D eigenvalue weighted by atomic mass is 32.2. The van der Waals surface area contributed by atoms with Gasteiger partial charge < -0.3 is 4.90 Å². The summed E-state index contributed by atoms with van der Waals surface area (Å²) in [4.78, 5) is 6.25. The molecule has 0 aliphatic carbocycles. The number of nitrogens with zero attached hydrogens (tertiary/aromatic N) is 4. The van der Waals surface area contributed by atoms with Crippen LogP contribution in [0.1, 0.15) is 12.5 Å². The zero-order valence-corrected chi connectivity index (χ0v) is 11.6. The monoisotopic (exact) mass is 280 g/mol. The van der Waals surface area contributed by atoms with Crippen LogP contribution < -0.4 is 4.90 Å². The fourth-order valence-corrected chi connectivity index (χ4v) is 3.10. The molecule has 0 aromatic carbocycles. The zero-order chi connectivity index (χ0) is 13.9. The first kappa shape index (κ1) is 13.8.